The summed E-state index contributed by atoms with van der Waals surface area (Å²) in [6.07, 6.45) is 2.25. The van der Waals surface area contributed by atoms with Gasteiger partial charge in [0.1, 0.15) is 11.4 Å². The van der Waals surface area contributed by atoms with E-state index in [2.05, 4.69) is 16.9 Å². The van der Waals surface area contributed by atoms with Crippen LogP contribution in [0.4, 0.5) is 0 Å². The molecule has 1 unspecified atom stereocenters. The van der Waals surface area contributed by atoms with Crippen LogP contribution in [0.3, 0.4) is 0 Å². The van der Waals surface area contributed by atoms with Crippen LogP contribution in [0.5, 0.6) is 5.75 Å². The maximum absolute atomic E-state index is 13.3. The minimum absolute atomic E-state index is 0.0489. The highest BCUT2D eigenvalue weighted by atomic mass is 16.7. The number of carbonyl (C=O) groups excluding carboxylic acids is 3. The van der Waals surface area contributed by atoms with Gasteiger partial charge in [-0.2, -0.15) is 0 Å². The Hall–Kier alpha value is -4.21. The Balaban J connectivity index is 2.07. The van der Waals surface area contributed by atoms with Crippen LogP contribution in [0.15, 0.2) is 30.8 Å². The van der Waals surface area contributed by atoms with Crippen molar-refractivity contribution in [1.82, 2.24) is 10.3 Å². The average molecular weight is 525 g/mol. The summed E-state index contributed by atoms with van der Waals surface area (Å²) in [5.41, 5.74) is -0.702. The molecule has 1 heterocycles. The predicted molar refractivity (Wildman–Crippen MR) is 139 cm³/mol. The molecule has 1 atom stereocenters. The molecular weight excluding hydrogens is 492 g/mol. The van der Waals surface area contributed by atoms with Gasteiger partial charge in [-0.05, 0) is 63.8 Å². The monoisotopic (exact) mass is 524 g/mol. The molecule has 1 aliphatic carbocycles. The normalized spacial score (nSPS) is 13.7. The van der Waals surface area contributed by atoms with Crippen LogP contribution >= 0.6 is 0 Å². The summed E-state index contributed by atoms with van der Waals surface area (Å²) in [4.78, 5) is 54.6. The molecule has 3 rings (SSSR count). The number of benzene rings is 1. The van der Waals surface area contributed by atoms with Gasteiger partial charge in [0.2, 0.25) is 6.29 Å². The number of carboxylic acids is 1. The fourth-order valence-electron chi connectivity index (χ4n) is 3.50. The Kier molecular flexibility index (Phi) is 8.55. The summed E-state index contributed by atoms with van der Waals surface area (Å²) in [6, 6.07) is 5.64. The van der Waals surface area contributed by atoms with Crippen LogP contribution in [0.25, 0.3) is 17.2 Å². The van der Waals surface area contributed by atoms with E-state index >= 15 is 0 Å². The number of hydrogen-bond acceptors (Lipinski definition) is 8. The zero-order chi connectivity index (χ0) is 28.2. The van der Waals surface area contributed by atoms with Gasteiger partial charge >= 0.3 is 17.9 Å². The third-order valence-electron chi connectivity index (χ3n) is 5.84. The highest BCUT2D eigenvalue weighted by Gasteiger charge is 2.29. The molecule has 0 saturated heterocycles. The van der Waals surface area contributed by atoms with Gasteiger partial charge in [0.25, 0.3) is 5.91 Å². The Morgan fingerprint density at radius 3 is 2.39 bits per heavy atom. The summed E-state index contributed by atoms with van der Waals surface area (Å²) in [5, 5.41) is 12.7. The quantitative estimate of drug-likeness (QED) is 0.343. The largest absolute Gasteiger partial charge is 0.496 e. The van der Waals surface area contributed by atoms with E-state index in [9.17, 15) is 24.3 Å². The molecule has 1 aliphatic rings. The molecule has 202 valence electrons. The first-order valence-corrected chi connectivity index (χ1v) is 12.1. The molecule has 0 aliphatic heterocycles. The van der Waals surface area contributed by atoms with E-state index in [0.29, 0.717) is 23.8 Å². The van der Waals surface area contributed by atoms with Crippen LogP contribution < -0.4 is 10.1 Å². The molecule has 0 bridgehead atoms. The van der Waals surface area contributed by atoms with Crippen molar-refractivity contribution in [2.75, 3.05) is 13.7 Å². The van der Waals surface area contributed by atoms with Crippen molar-refractivity contribution < 1.29 is 38.5 Å². The topological polar surface area (TPSA) is 141 Å². The first kappa shape index (κ1) is 28.4. The maximum atomic E-state index is 13.3. The Morgan fingerprint density at radius 2 is 1.84 bits per heavy atom. The summed E-state index contributed by atoms with van der Waals surface area (Å²) in [6.45, 7) is 10.5. The van der Waals surface area contributed by atoms with E-state index in [1.165, 1.54) is 44.4 Å². The van der Waals surface area contributed by atoms with Gasteiger partial charge in [-0.15, -0.1) is 0 Å². The fourth-order valence-corrected chi connectivity index (χ4v) is 3.50. The summed E-state index contributed by atoms with van der Waals surface area (Å²) < 4.78 is 15.9. The van der Waals surface area contributed by atoms with Crippen LogP contribution in [-0.4, -0.2) is 53.9 Å². The van der Waals surface area contributed by atoms with E-state index in [1.807, 2.05) is 0 Å². The molecule has 1 aromatic heterocycles. The van der Waals surface area contributed by atoms with Gasteiger partial charge in [-0.3, -0.25) is 9.59 Å². The number of carboxylic acid groups (broad SMARTS) is 1. The second-order valence-electron chi connectivity index (χ2n) is 10.0. The molecule has 0 spiro atoms. The lowest BCUT2D eigenvalue weighted by molar-refractivity contribution is -0.174. The van der Waals surface area contributed by atoms with Crippen molar-refractivity contribution in [3.63, 3.8) is 0 Å². The predicted octanol–water partition coefficient (Wildman–Crippen LogP) is 4.33. The van der Waals surface area contributed by atoms with Gasteiger partial charge in [-0.25, -0.2) is 14.6 Å². The lowest BCUT2D eigenvalue weighted by Crippen LogP contribution is -2.30. The third-order valence-corrected chi connectivity index (χ3v) is 5.84. The number of nitrogens with one attached hydrogen (secondary N) is 1. The molecule has 2 N–H and O–H groups in total. The summed E-state index contributed by atoms with van der Waals surface area (Å²) in [5.74, 6) is -2.59. The second kappa shape index (κ2) is 11.5. The number of aromatic carboxylic acids is 1. The number of carbonyl (C=O) groups is 4. The molecule has 10 heteroatoms. The number of hydrogen-bond donors (Lipinski definition) is 2. The van der Waals surface area contributed by atoms with E-state index in [0.717, 1.165) is 12.8 Å². The first-order chi connectivity index (χ1) is 17.8. The van der Waals surface area contributed by atoms with Crippen molar-refractivity contribution >= 4 is 29.9 Å². The number of amides is 1. The van der Waals surface area contributed by atoms with Crippen LogP contribution in [-0.2, 0) is 14.3 Å². The lowest BCUT2D eigenvalue weighted by Gasteiger charge is -2.21. The zero-order valence-electron chi connectivity index (χ0n) is 22.1. The van der Waals surface area contributed by atoms with Crippen molar-refractivity contribution in [3.8, 4) is 16.9 Å². The minimum atomic E-state index is -1.27. The molecule has 2 aromatic rings. The molecule has 1 saturated carbocycles. The number of esters is 2. The smallest absolute Gasteiger partial charge is 0.360 e. The van der Waals surface area contributed by atoms with Crippen molar-refractivity contribution in [3.05, 3.63) is 53.4 Å². The first-order valence-electron chi connectivity index (χ1n) is 12.1. The number of methoxy groups -OCH3 is 1. The second-order valence-corrected chi connectivity index (χ2v) is 10.0. The molecule has 1 aromatic carbocycles. The number of ether oxygens (including phenoxy) is 3. The Labute approximate surface area is 221 Å². The van der Waals surface area contributed by atoms with Gasteiger partial charge in [-0.1, -0.05) is 12.7 Å². The molecule has 0 radical (unpaired) electrons. The standard InChI is InChI=1S/C28H32N2O8/c1-7-17-12-20(25(32)33)19(13-22(17)36-6)18-10-11-21(24(31)29-14-16-8-9-16)30-23(18)26(34)37-15(2)38-27(35)28(3,4)5/h7,10-13,15-16H,1,8-9,14H2,2-6H3,(H,29,31)(H,32,33). The number of nitrogens with zero attached hydrogens (tertiary/aromatic N) is 1. The van der Waals surface area contributed by atoms with Crippen LogP contribution in [0.2, 0.25) is 0 Å². The number of aromatic nitrogens is 1. The number of pyridine rings is 1. The summed E-state index contributed by atoms with van der Waals surface area (Å²) >= 11 is 0. The van der Waals surface area contributed by atoms with Crippen molar-refractivity contribution in [2.24, 2.45) is 11.3 Å². The van der Waals surface area contributed by atoms with Crippen molar-refractivity contribution in [1.29, 1.82) is 0 Å². The van der Waals surface area contributed by atoms with Gasteiger partial charge in [0.05, 0.1) is 18.1 Å². The van der Waals surface area contributed by atoms with E-state index in [4.69, 9.17) is 14.2 Å². The molecule has 10 nitrogen and oxygen atoms in total. The summed E-state index contributed by atoms with van der Waals surface area (Å²) in [7, 11) is 1.42. The van der Waals surface area contributed by atoms with E-state index < -0.39 is 35.5 Å². The zero-order valence-corrected chi connectivity index (χ0v) is 22.1. The highest BCUT2D eigenvalue weighted by molar-refractivity contribution is 6.04. The van der Waals surface area contributed by atoms with E-state index in [1.54, 1.807) is 20.8 Å². The lowest BCUT2D eigenvalue weighted by atomic mass is 9.95. The molecule has 38 heavy (non-hydrogen) atoms. The fraction of sp³-hybridized carbons (Fsp3) is 0.393. The molecule has 1 amide bonds. The third kappa shape index (κ3) is 6.76. The van der Waals surface area contributed by atoms with Crippen LogP contribution in [0, 0.1) is 11.3 Å². The molecular formula is C28H32N2O8. The van der Waals surface area contributed by atoms with E-state index in [-0.39, 0.29) is 28.1 Å². The van der Waals surface area contributed by atoms with Gasteiger partial charge in [0, 0.05) is 30.2 Å². The Morgan fingerprint density at radius 1 is 1.16 bits per heavy atom. The average Bonchev–Trinajstić information content (AvgIpc) is 3.69. The maximum Gasteiger partial charge on any atom is 0.360 e. The van der Waals surface area contributed by atoms with Crippen molar-refractivity contribution in [2.45, 2.75) is 46.8 Å². The van der Waals surface area contributed by atoms with Gasteiger partial charge < -0.3 is 24.6 Å². The van der Waals surface area contributed by atoms with Gasteiger partial charge in [0.15, 0.2) is 5.69 Å². The highest BCUT2D eigenvalue weighted by Crippen LogP contribution is 2.34. The van der Waals surface area contributed by atoms with Crippen LogP contribution in [0.1, 0.15) is 77.4 Å². The minimum Gasteiger partial charge on any atom is -0.496 e. The Bertz CT molecular complexity index is 1270. The SMILES string of the molecule is C=Cc1cc(C(=O)O)c(-c2ccc(C(=O)NCC3CC3)nc2C(=O)OC(C)OC(=O)C(C)(C)C)cc1OC. The number of rotatable bonds is 10. The molecule has 1 fully saturated rings.